The van der Waals surface area contributed by atoms with E-state index in [1.807, 2.05) is 0 Å². The van der Waals surface area contributed by atoms with Gasteiger partial charge in [-0.05, 0) is 24.1 Å². The third-order valence-electron chi connectivity index (χ3n) is 2.82. The zero-order valence-corrected chi connectivity index (χ0v) is 10.4. The fourth-order valence-corrected chi connectivity index (χ4v) is 2.42. The maximum absolute atomic E-state index is 5.77. The number of halogens is 1. The lowest BCUT2D eigenvalue weighted by molar-refractivity contribution is 0.289. The molecule has 0 spiro atoms. The quantitative estimate of drug-likeness (QED) is 0.743. The summed E-state index contributed by atoms with van der Waals surface area (Å²) in [6, 6.07) is 4.34. The summed E-state index contributed by atoms with van der Waals surface area (Å²) in [5.41, 5.74) is 2.80. The average molecular weight is 255 g/mol. The monoisotopic (exact) mass is 254 g/mol. The third kappa shape index (κ3) is 1.46. The Hall–Kier alpha value is -0.500. The molecule has 0 unspecified atom stereocenters. The van der Waals surface area contributed by atoms with Crippen LogP contribution in [0.1, 0.15) is 31.9 Å². The number of hydrogen-bond acceptors (Lipinski definition) is 1. The van der Waals surface area contributed by atoms with Crippen molar-refractivity contribution in [3.05, 3.63) is 27.7 Å². The van der Waals surface area contributed by atoms with Crippen molar-refractivity contribution in [2.75, 3.05) is 6.61 Å². The first-order valence-electron chi connectivity index (χ1n) is 5.00. The van der Waals surface area contributed by atoms with Gasteiger partial charge in [0.2, 0.25) is 0 Å². The first kappa shape index (κ1) is 10.0. The van der Waals surface area contributed by atoms with Crippen molar-refractivity contribution in [1.82, 2.24) is 0 Å². The minimum atomic E-state index is 0.156. The van der Waals surface area contributed by atoms with Crippen LogP contribution >= 0.6 is 15.9 Å². The van der Waals surface area contributed by atoms with Gasteiger partial charge in [0.05, 0.1) is 6.61 Å². The molecule has 2 rings (SSSR count). The fourth-order valence-electron chi connectivity index (χ4n) is 1.92. The average Bonchev–Trinajstić information content (AvgIpc) is 2.42. The lowest BCUT2D eigenvalue weighted by atomic mass is 9.86. The summed E-state index contributed by atoms with van der Waals surface area (Å²) in [5.74, 6) is 1.11. The highest BCUT2D eigenvalue weighted by Gasteiger charge is 2.33. The van der Waals surface area contributed by atoms with Crippen LogP contribution in [0, 0.1) is 0 Å². The summed E-state index contributed by atoms with van der Waals surface area (Å²) in [6.45, 7) is 7.41. The van der Waals surface area contributed by atoms with Crippen molar-refractivity contribution < 1.29 is 4.74 Å². The second-order valence-corrected chi connectivity index (χ2v) is 5.38. The third-order valence-corrected chi connectivity index (χ3v) is 3.28. The van der Waals surface area contributed by atoms with E-state index < -0.39 is 0 Å². The van der Waals surface area contributed by atoms with E-state index in [1.54, 1.807) is 0 Å². The lowest BCUT2D eigenvalue weighted by Crippen LogP contribution is -2.18. The summed E-state index contributed by atoms with van der Waals surface area (Å²) in [4.78, 5) is 0. The first-order chi connectivity index (χ1) is 6.54. The summed E-state index contributed by atoms with van der Waals surface area (Å²) < 4.78 is 6.93. The van der Waals surface area contributed by atoms with Gasteiger partial charge >= 0.3 is 0 Å². The number of rotatable bonds is 1. The standard InChI is InChI=1S/C12H15BrO/c1-4-8-5-9(13)6-10-11(8)14-7-12(10,2)3/h5-6H,4,7H2,1-3H3. The molecular weight excluding hydrogens is 240 g/mol. The molecule has 1 aliphatic rings. The second kappa shape index (κ2) is 3.27. The summed E-state index contributed by atoms with van der Waals surface area (Å²) >= 11 is 3.55. The van der Waals surface area contributed by atoms with Crippen molar-refractivity contribution in [2.24, 2.45) is 0 Å². The van der Waals surface area contributed by atoms with Crippen molar-refractivity contribution in [3.63, 3.8) is 0 Å². The Balaban J connectivity index is 2.62. The molecule has 1 heterocycles. The van der Waals surface area contributed by atoms with E-state index in [0.717, 1.165) is 23.2 Å². The Bertz CT molecular complexity index is 369. The maximum Gasteiger partial charge on any atom is 0.126 e. The van der Waals surface area contributed by atoms with Crippen LogP contribution in [0.15, 0.2) is 16.6 Å². The minimum absolute atomic E-state index is 0.156. The molecule has 0 aromatic heterocycles. The van der Waals surface area contributed by atoms with E-state index in [0.29, 0.717) is 0 Å². The summed E-state index contributed by atoms with van der Waals surface area (Å²) in [7, 11) is 0. The van der Waals surface area contributed by atoms with E-state index in [4.69, 9.17) is 4.74 Å². The Kier molecular flexibility index (Phi) is 2.34. The molecule has 0 saturated heterocycles. The SMILES string of the molecule is CCc1cc(Br)cc2c1OCC2(C)C. The Morgan fingerprint density at radius 1 is 1.43 bits per heavy atom. The van der Waals surface area contributed by atoms with Crippen LogP contribution in [0.25, 0.3) is 0 Å². The highest BCUT2D eigenvalue weighted by atomic mass is 79.9. The minimum Gasteiger partial charge on any atom is -0.492 e. The van der Waals surface area contributed by atoms with Gasteiger partial charge in [-0.25, -0.2) is 0 Å². The molecule has 1 aliphatic heterocycles. The number of benzene rings is 1. The predicted octanol–water partition coefficient (Wildman–Crippen LogP) is 3.68. The predicted molar refractivity (Wildman–Crippen MR) is 62.0 cm³/mol. The van der Waals surface area contributed by atoms with Crippen molar-refractivity contribution in [2.45, 2.75) is 32.6 Å². The van der Waals surface area contributed by atoms with Gasteiger partial charge in [-0.15, -0.1) is 0 Å². The molecule has 14 heavy (non-hydrogen) atoms. The molecule has 0 aliphatic carbocycles. The van der Waals surface area contributed by atoms with Gasteiger partial charge in [0.1, 0.15) is 5.75 Å². The van der Waals surface area contributed by atoms with E-state index in [2.05, 4.69) is 48.8 Å². The number of fused-ring (bicyclic) bond motifs is 1. The molecular formula is C12H15BrO. The summed E-state index contributed by atoms with van der Waals surface area (Å²) in [5, 5.41) is 0. The largest absolute Gasteiger partial charge is 0.492 e. The fraction of sp³-hybridized carbons (Fsp3) is 0.500. The molecule has 0 bridgehead atoms. The molecule has 0 N–H and O–H groups in total. The number of hydrogen-bond donors (Lipinski definition) is 0. The molecule has 1 aromatic rings. The molecule has 1 nitrogen and oxygen atoms in total. The van der Waals surface area contributed by atoms with E-state index in [-0.39, 0.29) is 5.41 Å². The van der Waals surface area contributed by atoms with Gasteiger partial charge in [0.15, 0.2) is 0 Å². The highest BCUT2D eigenvalue weighted by Crippen LogP contribution is 2.42. The molecule has 0 radical (unpaired) electrons. The van der Waals surface area contributed by atoms with Crippen LogP contribution in [-0.4, -0.2) is 6.61 Å². The smallest absolute Gasteiger partial charge is 0.126 e. The number of aryl methyl sites for hydroxylation is 1. The van der Waals surface area contributed by atoms with Gasteiger partial charge in [-0.2, -0.15) is 0 Å². The van der Waals surface area contributed by atoms with Gasteiger partial charge in [-0.3, -0.25) is 0 Å². The van der Waals surface area contributed by atoms with Gasteiger partial charge < -0.3 is 4.74 Å². The van der Waals surface area contributed by atoms with E-state index >= 15 is 0 Å². The molecule has 76 valence electrons. The zero-order valence-electron chi connectivity index (χ0n) is 8.86. The first-order valence-corrected chi connectivity index (χ1v) is 5.79. The molecule has 0 saturated carbocycles. The Morgan fingerprint density at radius 3 is 2.79 bits per heavy atom. The van der Waals surface area contributed by atoms with Crippen LogP contribution in [0.4, 0.5) is 0 Å². The van der Waals surface area contributed by atoms with E-state index in [9.17, 15) is 0 Å². The van der Waals surface area contributed by atoms with E-state index in [1.165, 1.54) is 11.1 Å². The van der Waals surface area contributed by atoms with Crippen molar-refractivity contribution in [1.29, 1.82) is 0 Å². The van der Waals surface area contributed by atoms with Crippen molar-refractivity contribution >= 4 is 15.9 Å². The molecule has 0 fully saturated rings. The molecule has 0 amide bonds. The highest BCUT2D eigenvalue weighted by molar-refractivity contribution is 9.10. The molecule has 2 heteroatoms. The maximum atomic E-state index is 5.77. The van der Waals surface area contributed by atoms with Gasteiger partial charge in [-0.1, -0.05) is 36.7 Å². The Labute approximate surface area is 93.6 Å². The van der Waals surface area contributed by atoms with Crippen molar-refractivity contribution in [3.8, 4) is 5.75 Å². The lowest BCUT2D eigenvalue weighted by Gasteiger charge is -2.15. The Morgan fingerprint density at radius 2 is 2.14 bits per heavy atom. The van der Waals surface area contributed by atoms with Crippen LogP contribution < -0.4 is 4.74 Å². The van der Waals surface area contributed by atoms with Gasteiger partial charge in [0.25, 0.3) is 0 Å². The van der Waals surface area contributed by atoms with Crippen LogP contribution in [0.3, 0.4) is 0 Å². The zero-order chi connectivity index (χ0) is 10.3. The van der Waals surface area contributed by atoms with Gasteiger partial charge in [0, 0.05) is 15.5 Å². The molecule has 0 atom stereocenters. The second-order valence-electron chi connectivity index (χ2n) is 4.47. The molecule has 1 aromatic carbocycles. The van der Waals surface area contributed by atoms with Crippen LogP contribution in [0.2, 0.25) is 0 Å². The topological polar surface area (TPSA) is 9.23 Å². The van der Waals surface area contributed by atoms with Crippen LogP contribution in [0.5, 0.6) is 5.75 Å². The normalized spacial score (nSPS) is 17.7. The summed E-state index contributed by atoms with van der Waals surface area (Å²) in [6.07, 6.45) is 1.03. The van der Waals surface area contributed by atoms with Crippen LogP contribution in [-0.2, 0) is 11.8 Å². The number of ether oxygens (including phenoxy) is 1.